The number of benzene rings is 2. The van der Waals surface area contributed by atoms with Crippen LogP contribution in [0.5, 0.6) is 17.2 Å². The van der Waals surface area contributed by atoms with E-state index in [1.165, 1.54) is 13.2 Å². The highest BCUT2D eigenvalue weighted by Crippen LogP contribution is 2.29. The lowest BCUT2D eigenvalue weighted by Crippen LogP contribution is -1.85. The molecule has 0 saturated heterocycles. The van der Waals surface area contributed by atoms with Crippen molar-refractivity contribution in [2.45, 2.75) is 6.92 Å². The van der Waals surface area contributed by atoms with Crippen LogP contribution in [0.3, 0.4) is 0 Å². The topological polar surface area (TPSA) is 69.9 Å². The molecule has 0 aliphatic carbocycles. The number of hydrogen-bond donors (Lipinski definition) is 3. The van der Waals surface area contributed by atoms with Crippen LogP contribution in [0.15, 0.2) is 48.7 Å². The number of hydrogen-bond acceptors (Lipinski definition) is 4. The van der Waals surface area contributed by atoms with Crippen LogP contribution in [0, 0.1) is 6.92 Å². The van der Waals surface area contributed by atoms with Gasteiger partial charge in [-0.2, -0.15) is 0 Å². The molecule has 0 heterocycles. The van der Waals surface area contributed by atoms with Gasteiger partial charge >= 0.3 is 0 Å². The van der Waals surface area contributed by atoms with Gasteiger partial charge in [0.2, 0.25) is 0 Å². The van der Waals surface area contributed by atoms with E-state index in [0.717, 1.165) is 16.7 Å². The molecule has 2 rings (SSSR count). The van der Waals surface area contributed by atoms with E-state index >= 15 is 0 Å². The molecule has 24 heavy (non-hydrogen) atoms. The zero-order chi connectivity index (χ0) is 17.7. The summed E-state index contributed by atoms with van der Waals surface area (Å²) in [4.78, 5) is 0. The van der Waals surface area contributed by atoms with E-state index in [1.54, 1.807) is 43.3 Å². The highest BCUT2D eigenvalue weighted by Gasteiger charge is 2.05. The monoisotopic (exact) mass is 324 g/mol. The lowest BCUT2D eigenvalue weighted by atomic mass is 10.0. The Labute approximate surface area is 141 Å². The third-order valence-electron chi connectivity index (χ3n) is 3.48. The summed E-state index contributed by atoms with van der Waals surface area (Å²) >= 11 is 0. The number of aryl methyl sites for hydroxylation is 1. The minimum absolute atomic E-state index is 0.0333. The van der Waals surface area contributed by atoms with E-state index in [2.05, 4.69) is 6.58 Å². The Morgan fingerprint density at radius 2 is 1.79 bits per heavy atom. The molecule has 0 aromatic heterocycles. The summed E-state index contributed by atoms with van der Waals surface area (Å²) < 4.78 is 5.08. The van der Waals surface area contributed by atoms with Crippen molar-refractivity contribution in [2.24, 2.45) is 0 Å². The van der Waals surface area contributed by atoms with Crippen LogP contribution in [-0.4, -0.2) is 22.4 Å². The lowest BCUT2D eigenvalue weighted by molar-refractivity contribution is 0.373. The molecule has 0 aliphatic rings. The highest BCUT2D eigenvalue weighted by atomic mass is 16.5. The quantitative estimate of drug-likeness (QED) is 0.425. The normalized spacial score (nSPS) is 11.2. The minimum atomic E-state index is -0.0333. The van der Waals surface area contributed by atoms with Crippen molar-refractivity contribution in [2.75, 3.05) is 7.11 Å². The van der Waals surface area contributed by atoms with Gasteiger partial charge in [0.1, 0.15) is 11.5 Å². The van der Waals surface area contributed by atoms with Crippen LogP contribution in [0.2, 0.25) is 0 Å². The smallest absolute Gasteiger partial charge is 0.161 e. The summed E-state index contributed by atoms with van der Waals surface area (Å²) in [6.45, 7) is 5.21. The van der Waals surface area contributed by atoms with Crippen molar-refractivity contribution in [3.63, 3.8) is 0 Å². The lowest BCUT2D eigenvalue weighted by Gasteiger charge is -2.07. The van der Waals surface area contributed by atoms with E-state index in [-0.39, 0.29) is 17.3 Å². The van der Waals surface area contributed by atoms with Crippen molar-refractivity contribution in [1.29, 1.82) is 0 Å². The maximum atomic E-state index is 10.2. The number of aliphatic hydroxyl groups is 1. The molecule has 0 fully saturated rings. The first kappa shape index (κ1) is 17.2. The van der Waals surface area contributed by atoms with Crippen LogP contribution in [-0.2, 0) is 0 Å². The largest absolute Gasteiger partial charge is 0.509 e. The van der Waals surface area contributed by atoms with Crippen LogP contribution in [0.25, 0.3) is 18.2 Å². The molecule has 124 valence electrons. The van der Waals surface area contributed by atoms with Crippen molar-refractivity contribution in [3.8, 4) is 17.2 Å². The summed E-state index contributed by atoms with van der Waals surface area (Å²) in [6.07, 6.45) is 6.80. The number of ether oxygens (including phenoxy) is 1. The third kappa shape index (κ3) is 4.20. The number of aromatic hydroxyl groups is 2. The fraction of sp³-hybridized carbons (Fsp3) is 0.100. The Kier molecular flexibility index (Phi) is 5.32. The van der Waals surface area contributed by atoms with Gasteiger partial charge < -0.3 is 20.1 Å². The first-order valence-corrected chi connectivity index (χ1v) is 7.35. The highest BCUT2D eigenvalue weighted by molar-refractivity contribution is 5.76. The van der Waals surface area contributed by atoms with Gasteiger partial charge in [0.05, 0.1) is 7.11 Å². The van der Waals surface area contributed by atoms with E-state index in [9.17, 15) is 10.2 Å². The number of allylic oxidation sites excluding steroid dienone is 1. The second-order valence-corrected chi connectivity index (χ2v) is 5.36. The van der Waals surface area contributed by atoms with Crippen LogP contribution >= 0.6 is 0 Å². The molecule has 0 aliphatic heterocycles. The SMILES string of the molecule is C=C(O)/C=C/c1cc(C)c(O)c(/C=C/c2ccc(O)c(OC)c2)c1. The zero-order valence-corrected chi connectivity index (χ0v) is 13.7. The predicted octanol–water partition coefficient (Wildman–Crippen LogP) is 4.67. The van der Waals surface area contributed by atoms with E-state index in [0.29, 0.717) is 11.3 Å². The Morgan fingerprint density at radius 1 is 1.04 bits per heavy atom. The molecule has 0 amide bonds. The summed E-state index contributed by atoms with van der Waals surface area (Å²) in [5.74, 6) is 0.617. The third-order valence-corrected chi connectivity index (χ3v) is 3.48. The Bertz CT molecular complexity index is 817. The minimum Gasteiger partial charge on any atom is -0.509 e. The van der Waals surface area contributed by atoms with Crippen LogP contribution in [0.4, 0.5) is 0 Å². The molecule has 2 aromatic rings. The fourth-order valence-electron chi connectivity index (χ4n) is 2.24. The summed E-state index contributed by atoms with van der Waals surface area (Å²) in [6, 6.07) is 8.62. The molecule has 0 bridgehead atoms. The maximum Gasteiger partial charge on any atom is 0.161 e. The fourth-order valence-corrected chi connectivity index (χ4v) is 2.24. The zero-order valence-electron chi connectivity index (χ0n) is 13.7. The second-order valence-electron chi connectivity index (χ2n) is 5.36. The Balaban J connectivity index is 2.36. The Hall–Kier alpha value is -3.14. The molecule has 0 spiro atoms. The number of rotatable bonds is 5. The van der Waals surface area contributed by atoms with Gasteiger partial charge in [-0.1, -0.05) is 30.9 Å². The Morgan fingerprint density at radius 3 is 2.46 bits per heavy atom. The second kappa shape index (κ2) is 7.42. The molecule has 0 saturated carbocycles. The van der Waals surface area contributed by atoms with Gasteiger partial charge in [0, 0.05) is 5.56 Å². The number of phenols is 2. The van der Waals surface area contributed by atoms with E-state index < -0.39 is 0 Å². The van der Waals surface area contributed by atoms with Gasteiger partial charge in [0.15, 0.2) is 11.5 Å². The molecule has 0 unspecified atom stereocenters. The summed E-state index contributed by atoms with van der Waals surface area (Å²) in [5.41, 5.74) is 3.03. The predicted molar refractivity (Wildman–Crippen MR) is 97.2 cm³/mol. The first-order chi connectivity index (χ1) is 11.4. The van der Waals surface area contributed by atoms with Crippen LogP contribution in [0.1, 0.15) is 22.3 Å². The average molecular weight is 324 g/mol. The van der Waals surface area contributed by atoms with Gasteiger partial charge in [-0.05, 0) is 54.0 Å². The first-order valence-electron chi connectivity index (χ1n) is 7.35. The molecule has 3 N–H and O–H groups in total. The molecule has 0 radical (unpaired) electrons. The van der Waals surface area contributed by atoms with Crippen molar-refractivity contribution in [3.05, 3.63) is 71.0 Å². The molecule has 4 nitrogen and oxygen atoms in total. The molecule has 4 heteroatoms. The van der Waals surface area contributed by atoms with Crippen molar-refractivity contribution in [1.82, 2.24) is 0 Å². The van der Waals surface area contributed by atoms with Crippen molar-refractivity contribution >= 4 is 18.2 Å². The standard InChI is InChI=1S/C20H20O4/c1-13-10-16(5-4-14(2)21)11-17(20(13)23)8-6-15-7-9-18(22)19(12-15)24-3/h4-12,21-23H,2H2,1,3H3/b5-4+,8-6+. The van der Waals surface area contributed by atoms with E-state index in [4.69, 9.17) is 9.84 Å². The van der Waals surface area contributed by atoms with E-state index in [1.807, 2.05) is 12.1 Å². The average Bonchev–Trinajstić information content (AvgIpc) is 2.55. The molecule has 2 aromatic carbocycles. The van der Waals surface area contributed by atoms with Gasteiger partial charge in [-0.15, -0.1) is 0 Å². The number of phenolic OH excluding ortho intramolecular Hbond substituents is 2. The summed E-state index contributed by atoms with van der Waals surface area (Å²) in [7, 11) is 1.49. The number of aliphatic hydroxyl groups excluding tert-OH is 1. The van der Waals surface area contributed by atoms with Gasteiger partial charge in [-0.3, -0.25) is 0 Å². The molecular formula is C20H20O4. The van der Waals surface area contributed by atoms with Crippen molar-refractivity contribution < 1.29 is 20.1 Å². The maximum absolute atomic E-state index is 10.2. The molecule has 0 atom stereocenters. The van der Waals surface area contributed by atoms with Gasteiger partial charge in [0.25, 0.3) is 0 Å². The number of methoxy groups -OCH3 is 1. The van der Waals surface area contributed by atoms with Crippen LogP contribution < -0.4 is 4.74 Å². The van der Waals surface area contributed by atoms with Gasteiger partial charge in [-0.25, -0.2) is 0 Å². The summed E-state index contributed by atoms with van der Waals surface area (Å²) in [5, 5.41) is 29.0. The molecular weight excluding hydrogens is 304 g/mol.